The first kappa shape index (κ1) is 11.4. The zero-order chi connectivity index (χ0) is 10.3. The zero-order valence-electron chi connectivity index (χ0n) is 8.41. The molecule has 0 N–H and O–H groups in total. The molecular weight excluding hydrogens is 158 g/mol. The number of aryl methyl sites for hydroxylation is 2. The van der Waals surface area contributed by atoms with Crippen LogP contribution in [-0.4, -0.2) is 6.21 Å². The standard InChI is InChI=1S/C10H13N.C2H2/c1-4-11-10-6-5-8(2)7-9(10)3;1-2/h4-7H,1-3H3;1-2H. The SMILES string of the molecule is C#C.CC=Nc1ccc(C)cc1C. The lowest BCUT2D eigenvalue weighted by molar-refractivity contribution is 1.35. The van der Waals surface area contributed by atoms with E-state index in [9.17, 15) is 0 Å². The molecule has 0 saturated heterocycles. The molecule has 0 saturated carbocycles. The van der Waals surface area contributed by atoms with Crippen molar-refractivity contribution in [2.75, 3.05) is 0 Å². The van der Waals surface area contributed by atoms with Gasteiger partial charge < -0.3 is 0 Å². The molecule has 0 aromatic heterocycles. The zero-order valence-corrected chi connectivity index (χ0v) is 8.41. The van der Waals surface area contributed by atoms with Gasteiger partial charge in [-0.05, 0) is 32.4 Å². The van der Waals surface area contributed by atoms with Crippen molar-refractivity contribution >= 4 is 11.9 Å². The number of nitrogens with zero attached hydrogens (tertiary/aromatic N) is 1. The van der Waals surface area contributed by atoms with Crippen LogP contribution < -0.4 is 0 Å². The Bertz CT molecular complexity index is 308. The minimum absolute atomic E-state index is 1.07. The van der Waals surface area contributed by atoms with Crippen LogP contribution in [0.4, 0.5) is 5.69 Å². The largest absolute Gasteiger partial charge is 0.261 e. The highest BCUT2D eigenvalue weighted by molar-refractivity contribution is 5.62. The Morgan fingerprint density at radius 2 is 1.85 bits per heavy atom. The van der Waals surface area contributed by atoms with Gasteiger partial charge in [0.25, 0.3) is 0 Å². The second-order valence-electron chi connectivity index (χ2n) is 2.68. The molecule has 0 aliphatic heterocycles. The Morgan fingerprint density at radius 1 is 1.23 bits per heavy atom. The molecular formula is C12H15N. The molecule has 1 aromatic carbocycles. The van der Waals surface area contributed by atoms with E-state index in [2.05, 4.69) is 43.8 Å². The van der Waals surface area contributed by atoms with Gasteiger partial charge in [0.15, 0.2) is 0 Å². The van der Waals surface area contributed by atoms with Crippen molar-refractivity contribution in [3.05, 3.63) is 29.3 Å². The highest BCUT2D eigenvalue weighted by Crippen LogP contribution is 2.18. The van der Waals surface area contributed by atoms with E-state index in [1.807, 2.05) is 19.2 Å². The van der Waals surface area contributed by atoms with Gasteiger partial charge in [-0.15, -0.1) is 12.8 Å². The van der Waals surface area contributed by atoms with Crippen LogP contribution in [-0.2, 0) is 0 Å². The Morgan fingerprint density at radius 3 is 2.31 bits per heavy atom. The van der Waals surface area contributed by atoms with Gasteiger partial charge in [0.2, 0.25) is 0 Å². The van der Waals surface area contributed by atoms with Crippen molar-refractivity contribution in [1.29, 1.82) is 0 Å². The lowest BCUT2D eigenvalue weighted by Gasteiger charge is -1.99. The average Bonchev–Trinajstić information content (AvgIpc) is 2.14. The Labute approximate surface area is 80.5 Å². The third kappa shape index (κ3) is 3.57. The quantitative estimate of drug-likeness (QED) is 0.456. The molecule has 13 heavy (non-hydrogen) atoms. The molecule has 0 radical (unpaired) electrons. The molecule has 1 heteroatoms. The van der Waals surface area contributed by atoms with Crippen LogP contribution in [0.1, 0.15) is 18.1 Å². The highest BCUT2D eigenvalue weighted by atomic mass is 14.7. The number of rotatable bonds is 1. The van der Waals surface area contributed by atoms with Gasteiger partial charge in [0.1, 0.15) is 0 Å². The van der Waals surface area contributed by atoms with Crippen LogP contribution in [0.25, 0.3) is 0 Å². The van der Waals surface area contributed by atoms with Crippen LogP contribution in [0.15, 0.2) is 23.2 Å². The summed E-state index contributed by atoms with van der Waals surface area (Å²) < 4.78 is 0. The van der Waals surface area contributed by atoms with E-state index in [-0.39, 0.29) is 0 Å². The maximum atomic E-state index is 4.22. The Hall–Kier alpha value is -1.55. The van der Waals surface area contributed by atoms with Gasteiger partial charge in [-0.2, -0.15) is 0 Å². The van der Waals surface area contributed by atoms with Crippen LogP contribution in [0.5, 0.6) is 0 Å². The van der Waals surface area contributed by atoms with Crippen molar-refractivity contribution in [3.63, 3.8) is 0 Å². The maximum absolute atomic E-state index is 4.22. The molecule has 68 valence electrons. The molecule has 0 fully saturated rings. The third-order valence-electron chi connectivity index (χ3n) is 1.62. The van der Waals surface area contributed by atoms with E-state index in [1.165, 1.54) is 11.1 Å². The smallest absolute Gasteiger partial charge is 0.0654 e. The second-order valence-corrected chi connectivity index (χ2v) is 2.68. The molecule has 0 bridgehead atoms. The highest BCUT2D eigenvalue weighted by Gasteiger charge is 1.93. The van der Waals surface area contributed by atoms with Crippen molar-refractivity contribution in [3.8, 4) is 12.8 Å². The third-order valence-corrected chi connectivity index (χ3v) is 1.62. The van der Waals surface area contributed by atoms with E-state index in [0.29, 0.717) is 0 Å². The number of aliphatic imine (C=N–C) groups is 1. The molecule has 0 spiro atoms. The topological polar surface area (TPSA) is 12.4 Å². The minimum atomic E-state index is 1.07. The first-order valence-electron chi connectivity index (χ1n) is 4.13. The van der Waals surface area contributed by atoms with Gasteiger partial charge in [0, 0.05) is 6.21 Å². The molecule has 0 heterocycles. The lowest BCUT2D eigenvalue weighted by Crippen LogP contribution is -1.76. The fourth-order valence-electron chi connectivity index (χ4n) is 1.09. The molecule has 0 unspecified atom stereocenters. The summed E-state index contributed by atoms with van der Waals surface area (Å²) in [7, 11) is 0. The average molecular weight is 173 g/mol. The number of terminal acetylenes is 1. The van der Waals surface area contributed by atoms with Crippen molar-refractivity contribution in [2.24, 2.45) is 4.99 Å². The summed E-state index contributed by atoms with van der Waals surface area (Å²) in [6.45, 7) is 6.10. The molecule has 0 aliphatic rings. The van der Waals surface area contributed by atoms with E-state index in [4.69, 9.17) is 0 Å². The van der Waals surface area contributed by atoms with Gasteiger partial charge >= 0.3 is 0 Å². The summed E-state index contributed by atoms with van der Waals surface area (Å²) in [4.78, 5) is 4.22. The number of benzene rings is 1. The summed E-state index contributed by atoms with van der Waals surface area (Å²) in [5.41, 5.74) is 3.60. The molecule has 1 nitrogen and oxygen atoms in total. The Kier molecular flexibility index (Phi) is 5.30. The van der Waals surface area contributed by atoms with Gasteiger partial charge in [-0.3, -0.25) is 4.99 Å². The summed E-state index contributed by atoms with van der Waals surface area (Å²) in [6.07, 6.45) is 9.82. The maximum Gasteiger partial charge on any atom is 0.0654 e. The van der Waals surface area contributed by atoms with Crippen LogP contribution in [0, 0.1) is 26.7 Å². The molecule has 0 atom stereocenters. The molecule has 1 rings (SSSR count). The number of hydrogen-bond acceptors (Lipinski definition) is 1. The van der Waals surface area contributed by atoms with Crippen LogP contribution in [0.3, 0.4) is 0 Å². The van der Waals surface area contributed by atoms with E-state index in [0.717, 1.165) is 5.69 Å². The predicted molar refractivity (Wildman–Crippen MR) is 59.6 cm³/mol. The number of hydrogen-bond donors (Lipinski definition) is 0. The minimum Gasteiger partial charge on any atom is -0.261 e. The van der Waals surface area contributed by atoms with Crippen molar-refractivity contribution < 1.29 is 0 Å². The fraction of sp³-hybridized carbons (Fsp3) is 0.250. The fourth-order valence-corrected chi connectivity index (χ4v) is 1.09. The Balaban J connectivity index is 0.000000671. The van der Waals surface area contributed by atoms with Gasteiger partial charge in [0.05, 0.1) is 5.69 Å². The molecule has 0 aliphatic carbocycles. The lowest BCUT2D eigenvalue weighted by atomic mass is 10.1. The summed E-state index contributed by atoms with van der Waals surface area (Å²) in [5.74, 6) is 0. The van der Waals surface area contributed by atoms with E-state index >= 15 is 0 Å². The summed E-state index contributed by atoms with van der Waals surface area (Å²) in [5, 5.41) is 0. The van der Waals surface area contributed by atoms with Crippen molar-refractivity contribution in [2.45, 2.75) is 20.8 Å². The summed E-state index contributed by atoms with van der Waals surface area (Å²) in [6, 6.07) is 6.27. The molecule has 1 aromatic rings. The van der Waals surface area contributed by atoms with Gasteiger partial charge in [-0.1, -0.05) is 17.7 Å². The van der Waals surface area contributed by atoms with E-state index in [1.54, 1.807) is 0 Å². The van der Waals surface area contributed by atoms with Gasteiger partial charge in [-0.25, -0.2) is 0 Å². The van der Waals surface area contributed by atoms with Crippen molar-refractivity contribution in [1.82, 2.24) is 0 Å². The van der Waals surface area contributed by atoms with Crippen LogP contribution in [0.2, 0.25) is 0 Å². The second kappa shape index (κ2) is 6.02. The molecule has 0 amide bonds. The first-order valence-corrected chi connectivity index (χ1v) is 4.13. The van der Waals surface area contributed by atoms with Crippen LogP contribution >= 0.6 is 0 Å². The predicted octanol–water partition coefficient (Wildman–Crippen LogP) is 3.28. The monoisotopic (exact) mass is 173 g/mol. The summed E-state index contributed by atoms with van der Waals surface area (Å²) >= 11 is 0. The van der Waals surface area contributed by atoms with E-state index < -0.39 is 0 Å². The normalized spacial score (nSPS) is 9.31. The first-order chi connectivity index (χ1) is 6.24.